The molecule has 1 aromatic rings. The summed E-state index contributed by atoms with van der Waals surface area (Å²) in [5.41, 5.74) is -0.0874. The maximum atomic E-state index is 11.7. The summed E-state index contributed by atoms with van der Waals surface area (Å²) in [5.74, 6) is -1.10. The van der Waals surface area contributed by atoms with Crippen molar-refractivity contribution in [2.45, 2.75) is 24.2 Å². The summed E-state index contributed by atoms with van der Waals surface area (Å²) in [6, 6.07) is 1.64. The first-order valence-corrected chi connectivity index (χ1v) is 7.34. The van der Waals surface area contributed by atoms with E-state index in [2.05, 4.69) is 4.98 Å². The molecule has 0 unspecified atom stereocenters. The summed E-state index contributed by atoms with van der Waals surface area (Å²) >= 11 is 7.49. The fraction of sp³-hybridized carbons (Fsp3) is 0.308. The van der Waals surface area contributed by atoms with Gasteiger partial charge in [0.2, 0.25) is 0 Å². The maximum absolute atomic E-state index is 11.7. The summed E-state index contributed by atoms with van der Waals surface area (Å²) in [4.78, 5) is 28.3. The fourth-order valence-corrected chi connectivity index (χ4v) is 2.62. The Balaban J connectivity index is 2.50. The molecule has 1 heterocycles. The Hall–Kier alpha value is -1.33. The summed E-state index contributed by atoms with van der Waals surface area (Å²) < 4.78 is 0. The lowest BCUT2D eigenvalue weighted by molar-refractivity contribution is -0.123. The molecule has 1 aromatic heterocycles. The Labute approximate surface area is 119 Å². The van der Waals surface area contributed by atoms with E-state index < -0.39 is 5.76 Å². The first kappa shape index (κ1) is 14.1. The van der Waals surface area contributed by atoms with Crippen LogP contribution in [0, 0.1) is 0 Å². The second-order valence-corrected chi connectivity index (χ2v) is 5.42. The van der Waals surface area contributed by atoms with Gasteiger partial charge in [-0.05, 0) is 18.7 Å². The summed E-state index contributed by atoms with van der Waals surface area (Å²) in [7, 11) is 0. The average Bonchev–Trinajstić information content (AvgIpc) is 2.38. The van der Waals surface area contributed by atoms with Gasteiger partial charge in [-0.15, -0.1) is 11.8 Å². The third-order valence-corrected chi connectivity index (χ3v) is 3.86. The molecular formula is C13H12ClNO3S. The molecule has 0 atom stereocenters. The van der Waals surface area contributed by atoms with Gasteiger partial charge < -0.3 is 5.11 Å². The first-order chi connectivity index (χ1) is 9.04. The van der Waals surface area contributed by atoms with Crippen molar-refractivity contribution in [2.24, 2.45) is 0 Å². The van der Waals surface area contributed by atoms with E-state index in [0.717, 1.165) is 4.90 Å². The molecule has 1 saturated carbocycles. The number of hydrogen-bond acceptors (Lipinski definition) is 5. The Kier molecular flexibility index (Phi) is 4.27. The number of ketones is 2. The Morgan fingerprint density at radius 2 is 2.00 bits per heavy atom. The van der Waals surface area contributed by atoms with Crippen molar-refractivity contribution in [1.82, 2.24) is 4.98 Å². The van der Waals surface area contributed by atoms with Gasteiger partial charge in [0.05, 0.1) is 5.02 Å². The van der Waals surface area contributed by atoms with E-state index in [4.69, 9.17) is 11.6 Å². The second kappa shape index (κ2) is 5.75. The highest BCUT2D eigenvalue weighted by Gasteiger charge is 2.28. The summed E-state index contributed by atoms with van der Waals surface area (Å²) in [6.45, 7) is 0. The number of rotatable bonds is 2. The monoisotopic (exact) mass is 297 g/mol. The van der Waals surface area contributed by atoms with Gasteiger partial charge in [0.1, 0.15) is 11.3 Å². The topological polar surface area (TPSA) is 67.3 Å². The smallest absolute Gasteiger partial charge is 0.170 e. The van der Waals surface area contributed by atoms with E-state index in [1.54, 1.807) is 12.3 Å². The number of pyridine rings is 1. The number of carbonyl (C=O) groups excluding carboxylic acids is 2. The minimum Gasteiger partial charge on any atom is -0.505 e. The number of carbonyl (C=O) groups is 2. The number of hydrogen-bond donors (Lipinski definition) is 1. The highest BCUT2D eigenvalue weighted by atomic mass is 35.5. The molecule has 100 valence electrons. The molecule has 0 aliphatic heterocycles. The van der Waals surface area contributed by atoms with E-state index >= 15 is 0 Å². The molecule has 1 N–H and O–H groups in total. The van der Waals surface area contributed by atoms with Crippen LogP contribution in [0.3, 0.4) is 0 Å². The minimum atomic E-state index is -0.410. The third-order valence-electron chi connectivity index (χ3n) is 2.88. The summed E-state index contributed by atoms with van der Waals surface area (Å²) in [6.07, 6.45) is 4.48. The van der Waals surface area contributed by atoms with Crippen LogP contribution in [-0.2, 0) is 9.59 Å². The number of aliphatic hydroxyl groups excluding tert-OH is 1. The lowest BCUT2D eigenvalue weighted by atomic mass is 9.90. The molecule has 0 saturated heterocycles. The Bertz CT molecular complexity index is 565. The van der Waals surface area contributed by atoms with Crippen molar-refractivity contribution >= 4 is 40.7 Å². The summed E-state index contributed by atoms with van der Waals surface area (Å²) in [5, 5.41) is 10.3. The number of thioether (sulfide) groups is 1. The lowest BCUT2D eigenvalue weighted by Crippen LogP contribution is -2.20. The van der Waals surface area contributed by atoms with Crippen LogP contribution in [0.15, 0.2) is 22.7 Å². The number of halogens is 1. The fourth-order valence-electron chi connectivity index (χ4n) is 1.90. The van der Waals surface area contributed by atoms with E-state index in [1.165, 1.54) is 11.8 Å². The van der Waals surface area contributed by atoms with Crippen molar-refractivity contribution in [1.29, 1.82) is 0 Å². The molecule has 0 amide bonds. The maximum Gasteiger partial charge on any atom is 0.170 e. The number of aliphatic hydroxyl groups is 1. The molecule has 2 rings (SSSR count). The zero-order chi connectivity index (χ0) is 14.0. The van der Waals surface area contributed by atoms with E-state index in [-0.39, 0.29) is 40.7 Å². The van der Waals surface area contributed by atoms with Crippen LogP contribution in [0.2, 0.25) is 5.02 Å². The Morgan fingerprint density at radius 1 is 1.37 bits per heavy atom. The predicted octanol–water partition coefficient (Wildman–Crippen LogP) is 3.05. The Morgan fingerprint density at radius 3 is 2.53 bits per heavy atom. The van der Waals surface area contributed by atoms with Crippen LogP contribution in [0.1, 0.15) is 25.0 Å². The van der Waals surface area contributed by atoms with E-state index in [0.29, 0.717) is 6.42 Å². The SMILES string of the molecule is CSc1cnc(C(O)=C2C(=O)CCCC2=O)c(Cl)c1. The molecule has 1 aliphatic rings. The molecule has 1 aliphatic carbocycles. The predicted molar refractivity (Wildman–Crippen MR) is 74.4 cm³/mol. The van der Waals surface area contributed by atoms with Crippen LogP contribution in [0.4, 0.5) is 0 Å². The van der Waals surface area contributed by atoms with Gasteiger partial charge >= 0.3 is 0 Å². The minimum absolute atomic E-state index is 0.0815. The standard InChI is InChI=1S/C13H12ClNO3S/c1-19-7-5-8(14)12(15-6-7)13(18)11-9(16)3-2-4-10(11)17/h5-6,18H,2-4H2,1H3. The average molecular weight is 298 g/mol. The largest absolute Gasteiger partial charge is 0.505 e. The highest BCUT2D eigenvalue weighted by molar-refractivity contribution is 7.98. The molecule has 1 fully saturated rings. The van der Waals surface area contributed by atoms with Crippen molar-refractivity contribution in [3.63, 3.8) is 0 Å². The molecule has 0 radical (unpaired) electrons. The van der Waals surface area contributed by atoms with Crippen LogP contribution in [-0.4, -0.2) is 27.9 Å². The van der Waals surface area contributed by atoms with Crippen LogP contribution < -0.4 is 0 Å². The number of allylic oxidation sites excluding steroid dienone is 1. The van der Waals surface area contributed by atoms with Crippen molar-refractivity contribution in [3.05, 3.63) is 28.6 Å². The van der Waals surface area contributed by atoms with Gasteiger partial charge in [-0.3, -0.25) is 14.6 Å². The van der Waals surface area contributed by atoms with Gasteiger partial charge in [-0.2, -0.15) is 0 Å². The zero-order valence-corrected chi connectivity index (χ0v) is 11.8. The molecule has 0 aromatic carbocycles. The van der Waals surface area contributed by atoms with Crippen LogP contribution in [0.5, 0.6) is 0 Å². The molecule has 6 heteroatoms. The van der Waals surface area contributed by atoms with Crippen LogP contribution in [0.25, 0.3) is 5.76 Å². The first-order valence-electron chi connectivity index (χ1n) is 5.74. The van der Waals surface area contributed by atoms with Gasteiger partial charge in [-0.25, -0.2) is 0 Å². The quantitative estimate of drug-likeness (QED) is 0.393. The molecule has 0 spiro atoms. The van der Waals surface area contributed by atoms with Crippen molar-refractivity contribution < 1.29 is 14.7 Å². The number of Topliss-reactive ketones (excluding diaryl/α,β-unsaturated/α-hetero) is 2. The molecular weight excluding hydrogens is 286 g/mol. The van der Waals surface area contributed by atoms with E-state index in [1.807, 2.05) is 6.26 Å². The molecule has 0 bridgehead atoms. The number of nitrogens with zero attached hydrogens (tertiary/aromatic N) is 1. The van der Waals surface area contributed by atoms with Crippen molar-refractivity contribution in [2.75, 3.05) is 6.26 Å². The zero-order valence-electron chi connectivity index (χ0n) is 10.3. The van der Waals surface area contributed by atoms with Crippen molar-refractivity contribution in [3.8, 4) is 0 Å². The van der Waals surface area contributed by atoms with Gasteiger partial charge in [0.25, 0.3) is 0 Å². The highest BCUT2D eigenvalue weighted by Crippen LogP contribution is 2.29. The van der Waals surface area contributed by atoms with Gasteiger partial charge in [0, 0.05) is 23.9 Å². The normalized spacial score (nSPS) is 15.8. The van der Waals surface area contributed by atoms with Gasteiger partial charge in [-0.1, -0.05) is 11.6 Å². The number of aromatic nitrogens is 1. The lowest BCUT2D eigenvalue weighted by Gasteiger charge is -2.14. The van der Waals surface area contributed by atoms with Gasteiger partial charge in [0.15, 0.2) is 17.3 Å². The molecule has 4 nitrogen and oxygen atoms in total. The third kappa shape index (κ3) is 2.82. The van der Waals surface area contributed by atoms with E-state index in [9.17, 15) is 14.7 Å². The molecule has 19 heavy (non-hydrogen) atoms. The second-order valence-electron chi connectivity index (χ2n) is 4.13. The van der Waals surface area contributed by atoms with Crippen LogP contribution >= 0.6 is 23.4 Å².